The fourth-order valence-electron chi connectivity index (χ4n) is 1.14. The second kappa shape index (κ2) is 5.11. The Morgan fingerprint density at radius 2 is 1.93 bits per heavy atom. The Morgan fingerprint density at radius 3 is 2.53 bits per heavy atom. The van der Waals surface area contributed by atoms with Crippen LogP contribution in [0.3, 0.4) is 0 Å². The molecule has 0 saturated heterocycles. The highest BCUT2D eigenvalue weighted by molar-refractivity contribution is 6.41. The van der Waals surface area contributed by atoms with Crippen LogP contribution in [0.1, 0.15) is 10.4 Å². The Labute approximate surface area is 86.4 Å². The second-order valence-corrected chi connectivity index (χ2v) is 2.83. The molecule has 5 nitrogen and oxygen atoms in total. The molecule has 80 valence electrons. The number of carbonyl (C=O) groups is 2. The molecule has 0 saturated carbocycles. The number of benzene rings is 1. The van der Waals surface area contributed by atoms with Gasteiger partial charge in [0.1, 0.15) is 0 Å². The van der Waals surface area contributed by atoms with E-state index in [1.54, 1.807) is 18.2 Å². The van der Waals surface area contributed by atoms with Crippen LogP contribution in [-0.2, 0) is 4.79 Å². The fourth-order valence-corrected chi connectivity index (χ4v) is 1.14. The van der Waals surface area contributed by atoms with Crippen molar-refractivity contribution >= 4 is 17.4 Å². The normalized spacial score (nSPS) is 9.67. The molecule has 0 bridgehead atoms. The number of carbonyl (C=O) groups excluding carboxylic acids is 1. The number of nitrogens with one attached hydrogen (secondary N) is 1. The van der Waals surface area contributed by atoms with Crippen LogP contribution in [0.5, 0.6) is 0 Å². The van der Waals surface area contributed by atoms with Gasteiger partial charge >= 0.3 is 5.97 Å². The van der Waals surface area contributed by atoms with E-state index in [4.69, 9.17) is 10.2 Å². The summed E-state index contributed by atoms with van der Waals surface area (Å²) in [6.07, 6.45) is 0. The minimum absolute atomic E-state index is 0.0877. The number of aliphatic carboxylic acids is 1. The molecule has 0 aliphatic rings. The van der Waals surface area contributed by atoms with Crippen molar-refractivity contribution < 1.29 is 19.8 Å². The van der Waals surface area contributed by atoms with Crippen molar-refractivity contribution in [3.8, 4) is 0 Å². The predicted molar refractivity (Wildman–Crippen MR) is 54.0 cm³/mol. The van der Waals surface area contributed by atoms with Gasteiger partial charge in [0, 0.05) is 12.2 Å². The molecule has 0 atom stereocenters. The molecule has 15 heavy (non-hydrogen) atoms. The van der Waals surface area contributed by atoms with E-state index in [1.807, 2.05) is 0 Å². The number of aliphatic hydroxyl groups is 1. The third kappa shape index (κ3) is 2.78. The number of carboxylic acid groups (broad SMARTS) is 1. The SMILES string of the molecule is O=C(O)C(=O)c1ccccc1NCCO. The third-order valence-corrected chi connectivity index (χ3v) is 1.79. The molecule has 1 aromatic rings. The van der Waals surface area contributed by atoms with Gasteiger partial charge in [-0.1, -0.05) is 12.1 Å². The highest BCUT2D eigenvalue weighted by Crippen LogP contribution is 2.15. The van der Waals surface area contributed by atoms with Crippen molar-refractivity contribution in [3.05, 3.63) is 29.8 Å². The van der Waals surface area contributed by atoms with Crippen LogP contribution in [0.15, 0.2) is 24.3 Å². The number of Topliss-reactive ketones (excluding diaryl/α,β-unsaturated/α-hetero) is 1. The van der Waals surface area contributed by atoms with Gasteiger partial charge in [-0.2, -0.15) is 0 Å². The van der Waals surface area contributed by atoms with Crippen molar-refractivity contribution in [2.75, 3.05) is 18.5 Å². The Morgan fingerprint density at radius 1 is 1.27 bits per heavy atom. The summed E-state index contributed by atoms with van der Waals surface area (Å²) in [5.41, 5.74) is 0.511. The highest BCUT2D eigenvalue weighted by atomic mass is 16.4. The zero-order chi connectivity index (χ0) is 11.3. The molecule has 0 spiro atoms. The van der Waals surface area contributed by atoms with Gasteiger partial charge in [-0.15, -0.1) is 0 Å². The minimum atomic E-state index is -1.49. The molecular formula is C10H11NO4. The molecule has 5 heteroatoms. The number of ketones is 1. The molecule has 0 aromatic heterocycles. The summed E-state index contributed by atoms with van der Waals surface area (Å²) in [5, 5.41) is 19.9. The zero-order valence-electron chi connectivity index (χ0n) is 7.93. The average Bonchev–Trinajstić information content (AvgIpc) is 2.25. The molecule has 0 fully saturated rings. The summed E-state index contributed by atoms with van der Waals surface area (Å²) in [6, 6.07) is 6.28. The number of hydrogen-bond donors (Lipinski definition) is 3. The van der Waals surface area contributed by atoms with Gasteiger partial charge < -0.3 is 15.5 Å². The van der Waals surface area contributed by atoms with Gasteiger partial charge in [0.15, 0.2) is 0 Å². The van der Waals surface area contributed by atoms with Gasteiger partial charge in [-0.3, -0.25) is 4.79 Å². The lowest BCUT2D eigenvalue weighted by Gasteiger charge is -2.07. The maximum atomic E-state index is 11.2. The maximum Gasteiger partial charge on any atom is 0.377 e. The largest absolute Gasteiger partial charge is 0.475 e. The molecule has 0 amide bonds. The first-order valence-corrected chi connectivity index (χ1v) is 4.38. The summed E-state index contributed by atoms with van der Waals surface area (Å²) in [6.45, 7) is 0.180. The molecule has 0 heterocycles. The fraction of sp³-hybridized carbons (Fsp3) is 0.200. The minimum Gasteiger partial charge on any atom is -0.475 e. The molecule has 0 unspecified atom stereocenters. The van der Waals surface area contributed by atoms with Gasteiger partial charge in [0.2, 0.25) is 0 Å². The topological polar surface area (TPSA) is 86.6 Å². The van der Waals surface area contributed by atoms with Crippen LogP contribution in [0.25, 0.3) is 0 Å². The monoisotopic (exact) mass is 209 g/mol. The van der Waals surface area contributed by atoms with E-state index < -0.39 is 11.8 Å². The molecule has 3 N–H and O–H groups in total. The Kier molecular flexibility index (Phi) is 3.82. The zero-order valence-corrected chi connectivity index (χ0v) is 7.93. The van der Waals surface area contributed by atoms with Gasteiger partial charge in [0.25, 0.3) is 5.78 Å². The first-order valence-electron chi connectivity index (χ1n) is 4.38. The van der Waals surface area contributed by atoms with E-state index in [2.05, 4.69) is 5.32 Å². The molecule has 0 aliphatic carbocycles. The lowest BCUT2D eigenvalue weighted by molar-refractivity contribution is -0.131. The first kappa shape index (κ1) is 11.2. The predicted octanol–water partition coefficient (Wildman–Crippen LogP) is 0.358. The third-order valence-electron chi connectivity index (χ3n) is 1.79. The lowest BCUT2D eigenvalue weighted by atomic mass is 10.1. The van der Waals surface area contributed by atoms with Crippen LogP contribution in [0, 0.1) is 0 Å². The first-order chi connectivity index (χ1) is 7.16. The number of anilines is 1. The number of para-hydroxylation sites is 1. The number of rotatable bonds is 5. The van der Waals surface area contributed by atoms with E-state index in [1.165, 1.54) is 6.07 Å². The summed E-state index contributed by atoms with van der Waals surface area (Å²) in [7, 11) is 0. The van der Waals surface area contributed by atoms with Crippen molar-refractivity contribution in [1.82, 2.24) is 0 Å². The molecule has 0 radical (unpaired) electrons. The smallest absolute Gasteiger partial charge is 0.377 e. The maximum absolute atomic E-state index is 11.2. The summed E-state index contributed by atoms with van der Waals surface area (Å²) >= 11 is 0. The summed E-state index contributed by atoms with van der Waals surface area (Å²) in [5.74, 6) is -2.45. The number of carboxylic acids is 1. The van der Waals surface area contributed by atoms with Crippen LogP contribution in [0.4, 0.5) is 5.69 Å². The van der Waals surface area contributed by atoms with Gasteiger partial charge in [0.05, 0.1) is 12.2 Å². The van der Waals surface area contributed by atoms with Crippen molar-refractivity contribution in [2.45, 2.75) is 0 Å². The van der Waals surface area contributed by atoms with Gasteiger partial charge in [-0.25, -0.2) is 4.79 Å². The van der Waals surface area contributed by atoms with E-state index >= 15 is 0 Å². The van der Waals surface area contributed by atoms with E-state index in [0.29, 0.717) is 5.69 Å². The standard InChI is InChI=1S/C10H11NO4/c12-6-5-11-8-4-2-1-3-7(8)9(13)10(14)15/h1-4,11-12H,5-6H2,(H,14,15). The Balaban J connectivity index is 2.95. The Hall–Kier alpha value is -1.88. The van der Waals surface area contributed by atoms with Crippen molar-refractivity contribution in [2.24, 2.45) is 0 Å². The number of hydrogen-bond acceptors (Lipinski definition) is 4. The van der Waals surface area contributed by atoms with E-state index in [0.717, 1.165) is 0 Å². The lowest BCUT2D eigenvalue weighted by Crippen LogP contribution is -2.16. The number of aliphatic hydroxyl groups excluding tert-OH is 1. The quantitative estimate of drug-likeness (QED) is 0.481. The van der Waals surface area contributed by atoms with Crippen LogP contribution in [0.2, 0.25) is 0 Å². The average molecular weight is 209 g/mol. The Bertz CT molecular complexity index is 375. The molecule has 1 rings (SSSR count). The van der Waals surface area contributed by atoms with E-state index in [9.17, 15) is 9.59 Å². The second-order valence-electron chi connectivity index (χ2n) is 2.83. The summed E-state index contributed by atoms with van der Waals surface area (Å²) < 4.78 is 0. The molecular weight excluding hydrogens is 198 g/mol. The summed E-state index contributed by atoms with van der Waals surface area (Å²) in [4.78, 5) is 21.7. The van der Waals surface area contributed by atoms with Crippen LogP contribution < -0.4 is 5.32 Å². The highest BCUT2D eigenvalue weighted by Gasteiger charge is 2.17. The molecule has 1 aromatic carbocycles. The van der Waals surface area contributed by atoms with Crippen molar-refractivity contribution in [3.63, 3.8) is 0 Å². The molecule has 0 aliphatic heterocycles. The van der Waals surface area contributed by atoms with Crippen LogP contribution >= 0.6 is 0 Å². The van der Waals surface area contributed by atoms with Gasteiger partial charge in [-0.05, 0) is 12.1 Å². The van der Waals surface area contributed by atoms with E-state index in [-0.39, 0.29) is 18.7 Å². The van der Waals surface area contributed by atoms with Crippen LogP contribution in [-0.4, -0.2) is 35.1 Å². The van der Waals surface area contributed by atoms with Crippen molar-refractivity contribution in [1.29, 1.82) is 0 Å².